The van der Waals surface area contributed by atoms with Crippen LogP contribution < -0.4 is 20.7 Å². The maximum atomic E-state index is 13.7. The molecule has 1 saturated heterocycles. The third-order valence-corrected chi connectivity index (χ3v) is 8.89. The molecule has 1 aliphatic rings. The molecule has 4 rings (SSSR count). The fraction of sp³-hybridized carbons (Fsp3) is 0.424. The molecule has 4 amide bonds. The van der Waals surface area contributed by atoms with Crippen molar-refractivity contribution in [1.29, 1.82) is 0 Å². The van der Waals surface area contributed by atoms with Crippen LogP contribution in [0.25, 0.3) is 10.8 Å². The number of carbonyl (C=O) groups is 4. The second-order valence-electron chi connectivity index (χ2n) is 12.0. The Morgan fingerprint density at radius 2 is 1.85 bits per heavy atom. The van der Waals surface area contributed by atoms with Gasteiger partial charge in [0, 0.05) is 40.2 Å². The standard InChI is InChI=1S/C33H41N5O6S2/c1-33(2,3)37-31(42)26-19-46-20-38(26)32(43)29(40)24(15-21-9-6-5-7-10-21)36-30(41)25(18-45-4)35-28(39)17-44-27-12-8-11-22-16-34-14-13-23(22)27/h5-14,16,24-26,29,40H,15,17-20H2,1-4H3,(H,35,39)(H,36,41)(H,37,42)/t24-,25+,26+,29+/m1/s1. The van der Waals surface area contributed by atoms with Gasteiger partial charge in [-0.3, -0.25) is 24.2 Å². The number of benzene rings is 2. The molecule has 0 spiro atoms. The monoisotopic (exact) mass is 667 g/mol. The highest BCUT2D eigenvalue weighted by Crippen LogP contribution is 2.25. The highest BCUT2D eigenvalue weighted by molar-refractivity contribution is 7.99. The number of hydrogen-bond acceptors (Lipinski definition) is 9. The van der Waals surface area contributed by atoms with Gasteiger partial charge in [-0.05, 0) is 51.1 Å². The topological polar surface area (TPSA) is 150 Å². The first-order chi connectivity index (χ1) is 22.0. The molecule has 11 nitrogen and oxygen atoms in total. The molecule has 13 heteroatoms. The zero-order valence-corrected chi connectivity index (χ0v) is 28.0. The maximum Gasteiger partial charge on any atom is 0.258 e. The van der Waals surface area contributed by atoms with E-state index in [1.54, 1.807) is 36.8 Å². The number of nitrogens with one attached hydrogen (secondary N) is 3. The Bertz CT molecular complexity index is 1510. The molecule has 3 aromatic rings. The van der Waals surface area contributed by atoms with Crippen molar-refractivity contribution >= 4 is 57.9 Å². The molecule has 46 heavy (non-hydrogen) atoms. The number of carbonyl (C=O) groups excluding carboxylic acids is 4. The Labute approximate surface area is 277 Å². The Hall–Kier alpha value is -3.81. The molecule has 2 aromatic carbocycles. The first kappa shape index (κ1) is 35.1. The van der Waals surface area contributed by atoms with Crippen LogP contribution >= 0.6 is 23.5 Å². The molecule has 0 radical (unpaired) electrons. The van der Waals surface area contributed by atoms with Gasteiger partial charge in [0.05, 0.1) is 11.9 Å². The summed E-state index contributed by atoms with van der Waals surface area (Å²) >= 11 is 2.78. The van der Waals surface area contributed by atoms with Gasteiger partial charge in [-0.15, -0.1) is 11.8 Å². The predicted molar refractivity (Wildman–Crippen MR) is 181 cm³/mol. The normalized spacial score (nSPS) is 16.7. The first-order valence-corrected chi connectivity index (χ1v) is 17.5. The summed E-state index contributed by atoms with van der Waals surface area (Å²) in [6, 6.07) is 13.7. The van der Waals surface area contributed by atoms with Crippen LogP contribution in [0.5, 0.6) is 5.75 Å². The van der Waals surface area contributed by atoms with Gasteiger partial charge in [-0.25, -0.2) is 0 Å². The summed E-state index contributed by atoms with van der Waals surface area (Å²) in [5.74, 6) is -0.602. The number of aromatic nitrogens is 1. The Morgan fingerprint density at radius 1 is 1.09 bits per heavy atom. The summed E-state index contributed by atoms with van der Waals surface area (Å²) in [7, 11) is 0. The summed E-state index contributed by atoms with van der Waals surface area (Å²) in [5, 5.41) is 21.5. The van der Waals surface area contributed by atoms with Gasteiger partial charge in [0.2, 0.25) is 11.8 Å². The quantitative estimate of drug-likeness (QED) is 0.216. The van der Waals surface area contributed by atoms with Crippen molar-refractivity contribution in [3.05, 3.63) is 72.6 Å². The van der Waals surface area contributed by atoms with Gasteiger partial charge < -0.3 is 30.7 Å². The smallest absolute Gasteiger partial charge is 0.258 e. The van der Waals surface area contributed by atoms with E-state index in [0.29, 0.717) is 11.5 Å². The van der Waals surface area contributed by atoms with Crippen molar-refractivity contribution in [2.75, 3.05) is 30.2 Å². The lowest BCUT2D eigenvalue weighted by molar-refractivity contribution is -0.147. The minimum atomic E-state index is -1.64. The maximum absolute atomic E-state index is 13.7. The lowest BCUT2D eigenvalue weighted by Gasteiger charge is -2.32. The van der Waals surface area contributed by atoms with Crippen LogP contribution in [0.3, 0.4) is 0 Å². The summed E-state index contributed by atoms with van der Waals surface area (Å²) < 4.78 is 5.78. The average molecular weight is 668 g/mol. The van der Waals surface area contributed by atoms with Crippen LogP contribution in [-0.4, -0.2) is 98.6 Å². The number of fused-ring (bicyclic) bond motifs is 1. The number of thioether (sulfide) groups is 2. The second kappa shape index (κ2) is 16.1. The van der Waals surface area contributed by atoms with E-state index in [9.17, 15) is 24.3 Å². The Morgan fingerprint density at radius 3 is 2.57 bits per heavy atom. The van der Waals surface area contributed by atoms with Gasteiger partial charge in [-0.2, -0.15) is 11.8 Å². The minimum absolute atomic E-state index is 0.151. The van der Waals surface area contributed by atoms with Crippen LogP contribution in [-0.2, 0) is 25.6 Å². The predicted octanol–water partition coefficient (Wildman–Crippen LogP) is 2.37. The summed E-state index contributed by atoms with van der Waals surface area (Å²) in [5.41, 5.74) is 0.303. The Balaban J connectivity index is 1.46. The van der Waals surface area contributed by atoms with E-state index in [2.05, 4.69) is 20.9 Å². The third kappa shape index (κ3) is 9.60. The van der Waals surface area contributed by atoms with E-state index in [0.717, 1.165) is 16.3 Å². The number of aliphatic hydroxyl groups is 1. The third-order valence-electron chi connectivity index (χ3n) is 7.21. The van der Waals surface area contributed by atoms with E-state index >= 15 is 0 Å². The Kier molecular flexibility index (Phi) is 12.3. The molecule has 1 fully saturated rings. The van der Waals surface area contributed by atoms with E-state index in [1.165, 1.54) is 28.4 Å². The summed E-state index contributed by atoms with van der Waals surface area (Å²) in [6.07, 6.45) is 3.67. The summed E-state index contributed by atoms with van der Waals surface area (Å²) in [4.78, 5) is 58.7. The lowest BCUT2D eigenvalue weighted by Crippen LogP contribution is -2.59. The van der Waals surface area contributed by atoms with E-state index in [1.807, 2.05) is 57.2 Å². The number of nitrogens with zero attached hydrogens (tertiary/aromatic N) is 2. The van der Waals surface area contributed by atoms with Crippen molar-refractivity contribution in [1.82, 2.24) is 25.8 Å². The van der Waals surface area contributed by atoms with E-state index < -0.39 is 47.5 Å². The first-order valence-electron chi connectivity index (χ1n) is 14.9. The van der Waals surface area contributed by atoms with Crippen molar-refractivity contribution in [3.8, 4) is 5.75 Å². The van der Waals surface area contributed by atoms with Crippen LogP contribution in [0.1, 0.15) is 26.3 Å². The zero-order valence-electron chi connectivity index (χ0n) is 26.4. The number of hydrogen-bond donors (Lipinski definition) is 4. The molecular weight excluding hydrogens is 627 g/mol. The molecule has 1 aliphatic heterocycles. The highest BCUT2D eigenvalue weighted by Gasteiger charge is 2.41. The van der Waals surface area contributed by atoms with E-state index in [4.69, 9.17) is 4.74 Å². The van der Waals surface area contributed by atoms with Gasteiger partial charge in [0.15, 0.2) is 12.7 Å². The zero-order chi connectivity index (χ0) is 33.3. The fourth-order valence-electron chi connectivity index (χ4n) is 5.01. The molecular formula is C33H41N5O6S2. The minimum Gasteiger partial charge on any atom is -0.483 e. The molecule has 1 aromatic heterocycles. The van der Waals surface area contributed by atoms with Crippen LogP contribution in [0.2, 0.25) is 0 Å². The molecule has 4 atom stereocenters. The molecule has 0 saturated carbocycles. The number of rotatable bonds is 13. The van der Waals surface area contributed by atoms with Crippen LogP contribution in [0, 0.1) is 0 Å². The lowest BCUT2D eigenvalue weighted by atomic mass is 9.99. The molecule has 246 valence electrons. The largest absolute Gasteiger partial charge is 0.483 e. The molecule has 0 unspecified atom stereocenters. The van der Waals surface area contributed by atoms with Crippen molar-refractivity contribution in [2.24, 2.45) is 0 Å². The number of aliphatic hydroxyl groups excluding tert-OH is 1. The van der Waals surface area contributed by atoms with Crippen LogP contribution in [0.15, 0.2) is 67.0 Å². The van der Waals surface area contributed by atoms with Crippen molar-refractivity contribution in [3.63, 3.8) is 0 Å². The second-order valence-corrected chi connectivity index (χ2v) is 13.9. The van der Waals surface area contributed by atoms with Crippen molar-refractivity contribution in [2.45, 2.75) is 57.0 Å². The van der Waals surface area contributed by atoms with Gasteiger partial charge in [0.1, 0.15) is 17.8 Å². The van der Waals surface area contributed by atoms with Crippen molar-refractivity contribution < 1.29 is 29.0 Å². The number of pyridine rings is 1. The van der Waals surface area contributed by atoms with Gasteiger partial charge >= 0.3 is 0 Å². The molecule has 0 bridgehead atoms. The van der Waals surface area contributed by atoms with Gasteiger partial charge in [0.25, 0.3) is 11.8 Å². The molecule has 4 N–H and O–H groups in total. The highest BCUT2D eigenvalue weighted by atomic mass is 32.2. The fourth-order valence-corrected chi connectivity index (χ4v) is 6.74. The molecule has 2 heterocycles. The number of amides is 4. The van der Waals surface area contributed by atoms with Crippen LogP contribution in [0.4, 0.5) is 0 Å². The molecule has 0 aliphatic carbocycles. The average Bonchev–Trinajstić information content (AvgIpc) is 3.53. The van der Waals surface area contributed by atoms with E-state index in [-0.39, 0.29) is 30.6 Å². The number of ether oxygens (including phenoxy) is 1. The SMILES string of the molecule is CSC[C@H](NC(=O)COc1cccc2cnccc12)C(=O)N[C@H](Cc1ccccc1)[C@H](O)C(=O)N1CSC[C@H]1C(=O)NC(C)(C)C. The summed E-state index contributed by atoms with van der Waals surface area (Å²) in [6.45, 7) is 5.25. The van der Waals surface area contributed by atoms with Gasteiger partial charge in [-0.1, -0.05) is 42.5 Å².